The van der Waals surface area contributed by atoms with Crippen molar-refractivity contribution < 1.29 is 9.18 Å². The van der Waals surface area contributed by atoms with Crippen LogP contribution < -0.4 is 10.2 Å². The van der Waals surface area contributed by atoms with E-state index in [4.69, 9.17) is 4.98 Å². The van der Waals surface area contributed by atoms with E-state index in [1.165, 1.54) is 34.8 Å². The molecular weight excluding hydrogens is 413 g/mol. The van der Waals surface area contributed by atoms with Gasteiger partial charge >= 0.3 is 0 Å². The van der Waals surface area contributed by atoms with Crippen molar-refractivity contribution >= 4 is 22.6 Å². The third-order valence-corrected chi connectivity index (χ3v) is 6.20. The third-order valence-electron chi connectivity index (χ3n) is 5.38. The van der Waals surface area contributed by atoms with Crippen LogP contribution in [-0.4, -0.2) is 59.4 Å². The summed E-state index contributed by atoms with van der Waals surface area (Å²) in [6, 6.07) is 14.2. The molecule has 3 aromatic rings. The first-order chi connectivity index (χ1) is 15.1. The van der Waals surface area contributed by atoms with Crippen molar-refractivity contribution in [3.05, 3.63) is 76.9 Å². The molecule has 0 radical (unpaired) electrons. The Hall–Kier alpha value is -2.84. The summed E-state index contributed by atoms with van der Waals surface area (Å²) in [5.41, 5.74) is 2.82. The predicted octanol–water partition coefficient (Wildman–Crippen LogP) is 3.13. The Bertz CT molecular complexity index is 1010. The lowest BCUT2D eigenvalue weighted by molar-refractivity contribution is 0.0947. The minimum absolute atomic E-state index is 0.242. The standard InChI is InChI=1S/C23H26FN5OS/c1-17-5-7-18(8-6-17)15-21-26-23(31-27-21)29-13-11-28(12-14-29)10-9-25-22(30)19-3-2-4-20(24)16-19/h2-8,16H,9-15H2,1H3,(H,25,30). The number of halogens is 1. The quantitative estimate of drug-likeness (QED) is 0.613. The van der Waals surface area contributed by atoms with E-state index < -0.39 is 5.82 Å². The Balaban J connectivity index is 1.20. The Morgan fingerprint density at radius 1 is 1.13 bits per heavy atom. The van der Waals surface area contributed by atoms with Crippen LogP contribution in [-0.2, 0) is 6.42 Å². The maximum absolute atomic E-state index is 13.2. The molecule has 2 heterocycles. The lowest BCUT2D eigenvalue weighted by Crippen LogP contribution is -2.48. The highest BCUT2D eigenvalue weighted by Gasteiger charge is 2.20. The second-order valence-electron chi connectivity index (χ2n) is 7.75. The molecular formula is C23H26FN5OS. The maximum atomic E-state index is 13.2. The molecule has 1 aliphatic rings. The molecule has 0 spiro atoms. The topological polar surface area (TPSA) is 61.4 Å². The average Bonchev–Trinajstić information content (AvgIpc) is 3.24. The Kier molecular flexibility index (Phi) is 6.89. The van der Waals surface area contributed by atoms with Crippen LogP contribution >= 0.6 is 11.5 Å². The molecule has 2 aromatic carbocycles. The van der Waals surface area contributed by atoms with E-state index in [1.807, 2.05) is 0 Å². The lowest BCUT2D eigenvalue weighted by Gasteiger charge is -2.34. The second-order valence-corrected chi connectivity index (χ2v) is 8.48. The molecule has 31 heavy (non-hydrogen) atoms. The van der Waals surface area contributed by atoms with Crippen molar-refractivity contribution in [1.29, 1.82) is 0 Å². The third kappa shape index (κ3) is 5.86. The van der Waals surface area contributed by atoms with Gasteiger partial charge in [-0.3, -0.25) is 9.69 Å². The SMILES string of the molecule is Cc1ccc(Cc2nsc(N3CCN(CCNC(=O)c4cccc(F)c4)CC3)n2)cc1. The van der Waals surface area contributed by atoms with Crippen molar-refractivity contribution in [1.82, 2.24) is 19.6 Å². The first-order valence-corrected chi connectivity index (χ1v) is 11.2. The van der Waals surface area contributed by atoms with Gasteiger partial charge in [-0.05, 0) is 30.7 Å². The zero-order chi connectivity index (χ0) is 21.6. The molecule has 0 saturated carbocycles. The molecule has 6 nitrogen and oxygen atoms in total. The van der Waals surface area contributed by atoms with Crippen LogP contribution in [0.2, 0.25) is 0 Å². The van der Waals surface area contributed by atoms with E-state index in [2.05, 4.69) is 50.7 Å². The van der Waals surface area contributed by atoms with Gasteiger partial charge in [-0.1, -0.05) is 35.9 Å². The van der Waals surface area contributed by atoms with Crippen LogP contribution in [0.3, 0.4) is 0 Å². The summed E-state index contributed by atoms with van der Waals surface area (Å²) in [5.74, 6) is 0.224. The molecule has 1 N–H and O–H groups in total. The second kappa shape index (κ2) is 9.98. The number of carbonyl (C=O) groups is 1. The number of hydrogen-bond acceptors (Lipinski definition) is 6. The molecule has 1 fully saturated rings. The lowest BCUT2D eigenvalue weighted by atomic mass is 10.1. The first kappa shape index (κ1) is 21.4. The van der Waals surface area contributed by atoms with Crippen LogP contribution in [0.25, 0.3) is 0 Å². The number of aromatic nitrogens is 2. The van der Waals surface area contributed by atoms with Crippen LogP contribution in [0.1, 0.15) is 27.3 Å². The van der Waals surface area contributed by atoms with E-state index in [0.717, 1.165) is 50.1 Å². The number of amides is 1. The minimum Gasteiger partial charge on any atom is -0.351 e. The zero-order valence-electron chi connectivity index (χ0n) is 17.6. The number of carbonyl (C=O) groups excluding carboxylic acids is 1. The van der Waals surface area contributed by atoms with E-state index in [-0.39, 0.29) is 5.91 Å². The number of aryl methyl sites for hydroxylation is 1. The van der Waals surface area contributed by atoms with E-state index in [1.54, 1.807) is 12.1 Å². The molecule has 0 unspecified atom stereocenters. The summed E-state index contributed by atoms with van der Waals surface area (Å²) in [6.07, 6.45) is 0.752. The van der Waals surface area contributed by atoms with Crippen molar-refractivity contribution in [3.8, 4) is 0 Å². The summed E-state index contributed by atoms with van der Waals surface area (Å²) in [7, 11) is 0. The Labute approximate surface area is 185 Å². The van der Waals surface area contributed by atoms with Gasteiger partial charge in [0.1, 0.15) is 11.6 Å². The van der Waals surface area contributed by atoms with Gasteiger partial charge in [0, 0.05) is 62.8 Å². The molecule has 1 amide bonds. The van der Waals surface area contributed by atoms with Gasteiger partial charge in [0.25, 0.3) is 5.91 Å². The van der Waals surface area contributed by atoms with Gasteiger partial charge in [-0.25, -0.2) is 9.37 Å². The summed E-state index contributed by atoms with van der Waals surface area (Å²) in [4.78, 5) is 21.4. The summed E-state index contributed by atoms with van der Waals surface area (Å²) >= 11 is 1.46. The van der Waals surface area contributed by atoms with Crippen molar-refractivity contribution in [2.75, 3.05) is 44.2 Å². The van der Waals surface area contributed by atoms with Crippen molar-refractivity contribution in [3.63, 3.8) is 0 Å². The summed E-state index contributed by atoms with van der Waals surface area (Å²) in [5, 5.41) is 3.84. The van der Waals surface area contributed by atoms with Gasteiger partial charge in [0.05, 0.1) is 0 Å². The molecule has 1 saturated heterocycles. The molecule has 162 valence electrons. The highest BCUT2D eigenvalue weighted by atomic mass is 32.1. The normalized spacial score (nSPS) is 14.6. The van der Waals surface area contributed by atoms with Crippen LogP contribution in [0.5, 0.6) is 0 Å². The fourth-order valence-electron chi connectivity index (χ4n) is 3.56. The van der Waals surface area contributed by atoms with Crippen molar-refractivity contribution in [2.45, 2.75) is 13.3 Å². The molecule has 0 atom stereocenters. The van der Waals surface area contributed by atoms with Gasteiger partial charge < -0.3 is 10.2 Å². The van der Waals surface area contributed by atoms with E-state index >= 15 is 0 Å². The predicted molar refractivity (Wildman–Crippen MR) is 121 cm³/mol. The summed E-state index contributed by atoms with van der Waals surface area (Å²) in [6.45, 7) is 6.97. The number of anilines is 1. The number of piperazine rings is 1. The molecule has 4 rings (SSSR count). The van der Waals surface area contributed by atoms with Gasteiger partial charge in [-0.15, -0.1) is 0 Å². The maximum Gasteiger partial charge on any atom is 0.251 e. The summed E-state index contributed by atoms with van der Waals surface area (Å²) < 4.78 is 17.8. The van der Waals surface area contributed by atoms with Crippen LogP contribution in [0.4, 0.5) is 9.52 Å². The molecule has 0 aliphatic carbocycles. The molecule has 1 aromatic heterocycles. The number of rotatable bonds is 7. The van der Waals surface area contributed by atoms with Gasteiger partial charge in [0.15, 0.2) is 0 Å². The monoisotopic (exact) mass is 439 g/mol. The van der Waals surface area contributed by atoms with Crippen LogP contribution in [0.15, 0.2) is 48.5 Å². The largest absolute Gasteiger partial charge is 0.351 e. The highest BCUT2D eigenvalue weighted by Crippen LogP contribution is 2.20. The smallest absolute Gasteiger partial charge is 0.251 e. The first-order valence-electron chi connectivity index (χ1n) is 10.5. The van der Waals surface area contributed by atoms with E-state index in [0.29, 0.717) is 12.1 Å². The Morgan fingerprint density at radius 3 is 2.65 bits per heavy atom. The minimum atomic E-state index is -0.400. The highest BCUT2D eigenvalue weighted by molar-refractivity contribution is 7.09. The van der Waals surface area contributed by atoms with Crippen LogP contribution in [0, 0.1) is 12.7 Å². The van der Waals surface area contributed by atoms with Gasteiger partial charge in [0.2, 0.25) is 5.13 Å². The average molecular weight is 440 g/mol. The number of nitrogens with zero attached hydrogens (tertiary/aromatic N) is 4. The van der Waals surface area contributed by atoms with E-state index in [9.17, 15) is 9.18 Å². The zero-order valence-corrected chi connectivity index (χ0v) is 18.4. The molecule has 8 heteroatoms. The number of benzene rings is 2. The molecule has 0 bridgehead atoms. The fraction of sp³-hybridized carbons (Fsp3) is 0.348. The van der Waals surface area contributed by atoms with Gasteiger partial charge in [-0.2, -0.15) is 4.37 Å². The fourth-order valence-corrected chi connectivity index (χ4v) is 4.29. The number of hydrogen-bond donors (Lipinski definition) is 1. The number of nitrogens with one attached hydrogen (secondary N) is 1. The Morgan fingerprint density at radius 2 is 1.90 bits per heavy atom. The molecule has 1 aliphatic heterocycles. The van der Waals surface area contributed by atoms with Crippen molar-refractivity contribution in [2.24, 2.45) is 0 Å².